The van der Waals surface area contributed by atoms with Gasteiger partial charge in [-0.05, 0) is 30.2 Å². The summed E-state index contributed by atoms with van der Waals surface area (Å²) in [6.07, 6.45) is 2.67. The highest BCUT2D eigenvalue weighted by Crippen LogP contribution is 2.26. The van der Waals surface area contributed by atoms with Crippen molar-refractivity contribution in [3.63, 3.8) is 0 Å². The number of ether oxygens (including phenoxy) is 1. The van der Waals surface area contributed by atoms with Crippen LogP contribution in [0.2, 0.25) is 0 Å². The molecule has 2 heterocycles. The number of rotatable bonds is 7. The number of aryl methyl sites for hydroxylation is 2. The molecular formula is C23H24N4O6. The summed E-state index contributed by atoms with van der Waals surface area (Å²) in [6.45, 7) is 1.59. The molecule has 10 nitrogen and oxygen atoms in total. The van der Waals surface area contributed by atoms with Gasteiger partial charge in [0.1, 0.15) is 5.75 Å². The molecule has 33 heavy (non-hydrogen) atoms. The molecule has 0 fully saturated rings. The van der Waals surface area contributed by atoms with E-state index in [1.165, 1.54) is 24.9 Å². The average Bonchev–Trinajstić information content (AvgIpc) is 2.80. The minimum atomic E-state index is -1.12. The molecular weight excluding hydrogens is 428 g/mol. The molecule has 0 aliphatic heterocycles. The number of carbonyl (C=O) groups is 2. The number of amides is 2. The molecule has 0 saturated heterocycles. The molecule has 3 rings (SSSR count). The van der Waals surface area contributed by atoms with Gasteiger partial charge in [-0.1, -0.05) is 18.2 Å². The smallest absolute Gasteiger partial charge is 0.319 e. The van der Waals surface area contributed by atoms with Crippen LogP contribution in [0.5, 0.6) is 11.6 Å². The first kappa shape index (κ1) is 23.3. The van der Waals surface area contributed by atoms with Crippen molar-refractivity contribution in [3.8, 4) is 22.8 Å². The summed E-state index contributed by atoms with van der Waals surface area (Å²) in [6, 6.07) is 8.81. The number of carboxylic acid groups (broad SMARTS) is 1. The van der Waals surface area contributed by atoms with Crippen molar-refractivity contribution in [2.45, 2.75) is 19.4 Å². The lowest BCUT2D eigenvalue weighted by atomic mass is 9.98. The topological polar surface area (TPSA) is 143 Å². The maximum absolute atomic E-state index is 12.6. The zero-order chi connectivity index (χ0) is 24.1. The third-order valence-electron chi connectivity index (χ3n) is 5.02. The number of pyridine rings is 2. The van der Waals surface area contributed by atoms with E-state index >= 15 is 0 Å². The summed E-state index contributed by atoms with van der Waals surface area (Å²) in [4.78, 5) is 40.6. The lowest BCUT2D eigenvalue weighted by Gasteiger charge is -2.19. The zero-order valence-electron chi connectivity index (χ0n) is 18.3. The normalized spacial score (nSPS) is 11.5. The van der Waals surface area contributed by atoms with Crippen LogP contribution in [0, 0.1) is 6.92 Å². The lowest BCUT2D eigenvalue weighted by Crippen LogP contribution is -2.36. The molecule has 4 N–H and O–H groups in total. The molecule has 0 saturated carbocycles. The molecule has 172 valence electrons. The van der Waals surface area contributed by atoms with Gasteiger partial charge in [-0.25, -0.2) is 9.78 Å². The Bertz CT molecular complexity index is 1240. The minimum absolute atomic E-state index is 0.290. The highest BCUT2D eigenvalue weighted by atomic mass is 16.5. The Morgan fingerprint density at radius 3 is 2.61 bits per heavy atom. The van der Waals surface area contributed by atoms with Crippen molar-refractivity contribution in [3.05, 3.63) is 70.3 Å². The number of benzene rings is 1. The summed E-state index contributed by atoms with van der Waals surface area (Å²) in [7, 11) is 3.01. The van der Waals surface area contributed by atoms with E-state index in [4.69, 9.17) is 4.74 Å². The number of methoxy groups -OCH3 is 1. The molecule has 2 aromatic heterocycles. The predicted molar refractivity (Wildman–Crippen MR) is 121 cm³/mol. The Hall–Kier alpha value is -4.34. The minimum Gasteiger partial charge on any atom is -0.505 e. The average molecular weight is 452 g/mol. The monoisotopic (exact) mass is 452 g/mol. The molecule has 0 bridgehead atoms. The van der Waals surface area contributed by atoms with Gasteiger partial charge in [0.05, 0.1) is 19.6 Å². The van der Waals surface area contributed by atoms with Crippen molar-refractivity contribution >= 4 is 17.7 Å². The molecule has 1 aromatic carbocycles. The van der Waals surface area contributed by atoms with Gasteiger partial charge in [-0.15, -0.1) is 0 Å². The maximum atomic E-state index is 12.6. The van der Waals surface area contributed by atoms with Crippen LogP contribution in [-0.4, -0.2) is 38.9 Å². The second-order valence-corrected chi connectivity index (χ2v) is 7.42. The van der Waals surface area contributed by atoms with E-state index < -0.39 is 30.0 Å². The number of aromatic hydroxyl groups is 1. The fourth-order valence-electron chi connectivity index (χ4n) is 3.34. The van der Waals surface area contributed by atoms with Crippen LogP contribution in [0.3, 0.4) is 0 Å². The molecule has 3 aromatic rings. The number of carbonyl (C=O) groups excluding carboxylic acids is 1. The summed E-state index contributed by atoms with van der Waals surface area (Å²) in [5, 5.41) is 24.5. The number of nitrogens with one attached hydrogen (secondary N) is 2. The first-order valence-corrected chi connectivity index (χ1v) is 9.98. The number of aliphatic carboxylic acids is 1. The molecule has 0 radical (unpaired) electrons. The summed E-state index contributed by atoms with van der Waals surface area (Å²) >= 11 is 0. The second-order valence-electron chi connectivity index (χ2n) is 7.42. The fourth-order valence-corrected chi connectivity index (χ4v) is 3.34. The number of hydrogen-bond donors (Lipinski definition) is 4. The Morgan fingerprint density at radius 2 is 1.97 bits per heavy atom. The first-order chi connectivity index (χ1) is 15.7. The Kier molecular flexibility index (Phi) is 6.97. The largest absolute Gasteiger partial charge is 0.505 e. The molecule has 10 heteroatoms. The van der Waals surface area contributed by atoms with Crippen LogP contribution in [0.1, 0.15) is 23.6 Å². The lowest BCUT2D eigenvalue weighted by molar-refractivity contribution is -0.137. The first-order valence-electron chi connectivity index (χ1n) is 9.98. The number of anilines is 1. The van der Waals surface area contributed by atoms with Crippen LogP contribution in [0.4, 0.5) is 10.5 Å². The third-order valence-corrected chi connectivity index (χ3v) is 5.02. The van der Waals surface area contributed by atoms with E-state index in [0.29, 0.717) is 17.0 Å². The van der Waals surface area contributed by atoms with Crippen LogP contribution < -0.4 is 20.9 Å². The van der Waals surface area contributed by atoms with Crippen LogP contribution in [0.25, 0.3) is 11.1 Å². The quantitative estimate of drug-likeness (QED) is 0.432. The number of hydrogen-bond acceptors (Lipinski definition) is 6. The SMILES string of the molecule is COc1ccc(-c2cccc(C(CC(=O)O)NC(=O)Nc3c(O)c(C)cn(C)c3=O)c2)cn1. The standard InChI is InChI=1S/C23H24N4O6/c1-13-12-27(2)22(31)20(21(13)30)26-23(32)25-17(10-19(28)29)15-6-4-5-14(9-15)16-7-8-18(33-3)24-11-16/h4-9,11-12,17,30H,10H2,1-3H3,(H,28,29)(H2,25,26,32). The van der Waals surface area contributed by atoms with Crippen LogP contribution >= 0.6 is 0 Å². The number of urea groups is 1. The van der Waals surface area contributed by atoms with E-state index in [1.54, 1.807) is 37.4 Å². The Labute approximate surface area is 189 Å². The van der Waals surface area contributed by atoms with E-state index in [0.717, 1.165) is 11.1 Å². The van der Waals surface area contributed by atoms with Crippen LogP contribution in [-0.2, 0) is 11.8 Å². The fraction of sp³-hybridized carbons (Fsp3) is 0.217. The highest BCUT2D eigenvalue weighted by Gasteiger charge is 2.21. The number of carboxylic acids is 1. The summed E-state index contributed by atoms with van der Waals surface area (Å²) in [5.41, 5.74) is 1.60. The summed E-state index contributed by atoms with van der Waals surface area (Å²) < 4.78 is 6.29. The maximum Gasteiger partial charge on any atom is 0.319 e. The van der Waals surface area contributed by atoms with E-state index in [9.17, 15) is 24.6 Å². The van der Waals surface area contributed by atoms with Crippen molar-refractivity contribution in [1.29, 1.82) is 0 Å². The molecule has 0 spiro atoms. The zero-order valence-corrected chi connectivity index (χ0v) is 18.3. The van der Waals surface area contributed by atoms with Gasteiger partial charge in [0.15, 0.2) is 5.69 Å². The van der Waals surface area contributed by atoms with E-state index in [2.05, 4.69) is 15.6 Å². The van der Waals surface area contributed by atoms with Gasteiger partial charge < -0.3 is 30.2 Å². The van der Waals surface area contributed by atoms with Crippen molar-refractivity contribution in [1.82, 2.24) is 14.9 Å². The van der Waals surface area contributed by atoms with Gasteiger partial charge in [-0.3, -0.25) is 9.59 Å². The van der Waals surface area contributed by atoms with Crippen molar-refractivity contribution < 1.29 is 24.5 Å². The Balaban J connectivity index is 1.87. The van der Waals surface area contributed by atoms with E-state index in [-0.39, 0.29) is 11.4 Å². The molecule has 0 aliphatic rings. The molecule has 0 aliphatic carbocycles. The van der Waals surface area contributed by atoms with Gasteiger partial charge in [0.2, 0.25) is 5.88 Å². The summed E-state index contributed by atoms with van der Waals surface area (Å²) in [5.74, 6) is -1.01. The van der Waals surface area contributed by atoms with Gasteiger partial charge in [0.25, 0.3) is 5.56 Å². The molecule has 2 amide bonds. The second kappa shape index (κ2) is 9.86. The van der Waals surface area contributed by atoms with Gasteiger partial charge in [-0.2, -0.15) is 0 Å². The molecule has 1 unspecified atom stereocenters. The highest BCUT2D eigenvalue weighted by molar-refractivity contribution is 5.91. The van der Waals surface area contributed by atoms with Crippen LogP contribution in [0.15, 0.2) is 53.6 Å². The van der Waals surface area contributed by atoms with Gasteiger partial charge in [0, 0.05) is 36.6 Å². The van der Waals surface area contributed by atoms with Crippen molar-refractivity contribution in [2.75, 3.05) is 12.4 Å². The number of aromatic nitrogens is 2. The Morgan fingerprint density at radius 1 is 1.21 bits per heavy atom. The molecule has 1 atom stereocenters. The van der Waals surface area contributed by atoms with Gasteiger partial charge >= 0.3 is 12.0 Å². The third kappa shape index (κ3) is 5.48. The van der Waals surface area contributed by atoms with Crippen molar-refractivity contribution in [2.24, 2.45) is 7.05 Å². The predicted octanol–water partition coefficient (Wildman–Crippen LogP) is 2.81. The number of nitrogens with zero attached hydrogens (tertiary/aromatic N) is 2. The van der Waals surface area contributed by atoms with E-state index in [1.807, 2.05) is 12.1 Å².